The van der Waals surface area contributed by atoms with E-state index in [0.717, 1.165) is 22.3 Å². The van der Waals surface area contributed by atoms with Crippen LogP contribution < -0.4 is 0 Å². The van der Waals surface area contributed by atoms with E-state index in [4.69, 9.17) is 0 Å². The van der Waals surface area contributed by atoms with Gasteiger partial charge in [-0.3, -0.25) is 0 Å². The van der Waals surface area contributed by atoms with Gasteiger partial charge < -0.3 is 0 Å². The van der Waals surface area contributed by atoms with Crippen molar-refractivity contribution in [1.29, 1.82) is 0 Å². The maximum atomic E-state index is 3.16. The third-order valence-electron chi connectivity index (χ3n) is 2.90. The summed E-state index contributed by atoms with van der Waals surface area (Å²) in [6.45, 7) is 4.01. The van der Waals surface area contributed by atoms with Gasteiger partial charge in [-0.1, -0.05) is 60.1 Å². The molecule has 0 spiro atoms. The molecule has 0 saturated carbocycles. The van der Waals surface area contributed by atoms with Crippen molar-refractivity contribution >= 4 is 0 Å². The Balaban J connectivity index is 2.17. The third-order valence-corrected chi connectivity index (χ3v) is 2.90. The lowest BCUT2D eigenvalue weighted by atomic mass is 10.1. The smallest absolute Gasteiger partial charge is 0.0248 e. The van der Waals surface area contributed by atoms with Crippen LogP contribution in [0.1, 0.15) is 25.0 Å². The first-order valence-electron chi connectivity index (χ1n) is 6.57. The Labute approximate surface area is 121 Å². The van der Waals surface area contributed by atoms with Gasteiger partial charge in [-0.25, -0.2) is 0 Å². The summed E-state index contributed by atoms with van der Waals surface area (Å²) in [6, 6.07) is 20.0. The summed E-state index contributed by atoms with van der Waals surface area (Å²) >= 11 is 0. The van der Waals surface area contributed by atoms with E-state index in [9.17, 15) is 0 Å². The first-order chi connectivity index (χ1) is 9.75. The Hall–Kier alpha value is -2.70. The van der Waals surface area contributed by atoms with E-state index in [1.54, 1.807) is 0 Å². The fourth-order valence-electron chi connectivity index (χ4n) is 1.56. The van der Waals surface area contributed by atoms with E-state index < -0.39 is 0 Å². The molecule has 2 aromatic carbocycles. The van der Waals surface area contributed by atoms with Gasteiger partial charge in [0, 0.05) is 22.3 Å². The predicted molar refractivity (Wildman–Crippen MR) is 85.0 cm³/mol. The fraction of sp³-hybridized carbons (Fsp3) is 0.100. The van der Waals surface area contributed by atoms with Gasteiger partial charge in [-0.05, 0) is 38.1 Å². The summed E-state index contributed by atoms with van der Waals surface area (Å²) in [4.78, 5) is 0. The summed E-state index contributed by atoms with van der Waals surface area (Å²) in [5.41, 5.74) is 4.07. The Morgan fingerprint density at radius 2 is 0.950 bits per heavy atom. The normalized spacial score (nSPS) is 10.5. The van der Waals surface area contributed by atoms with Gasteiger partial charge in [0.15, 0.2) is 0 Å². The van der Waals surface area contributed by atoms with Gasteiger partial charge in [-0.15, -0.1) is 0 Å². The highest BCUT2D eigenvalue weighted by Gasteiger charge is 1.90. The summed E-state index contributed by atoms with van der Waals surface area (Å²) in [7, 11) is 0. The molecular weight excluding hydrogens is 240 g/mol. The molecule has 2 aromatic rings. The van der Waals surface area contributed by atoms with E-state index in [2.05, 4.69) is 23.7 Å². The largest absolute Gasteiger partial charge is 0.0655 e. The van der Waals surface area contributed by atoms with Gasteiger partial charge in [0.05, 0.1) is 0 Å². The quantitative estimate of drug-likeness (QED) is 0.612. The number of hydrogen-bond donors (Lipinski definition) is 0. The molecule has 0 aromatic heterocycles. The van der Waals surface area contributed by atoms with Gasteiger partial charge in [0.1, 0.15) is 0 Å². The maximum Gasteiger partial charge on any atom is 0.0248 e. The lowest BCUT2D eigenvalue weighted by molar-refractivity contribution is 1.43. The molecule has 2 rings (SSSR count). The highest BCUT2D eigenvalue weighted by atomic mass is 13.9. The van der Waals surface area contributed by atoms with Crippen LogP contribution in [0.15, 0.2) is 71.8 Å². The van der Waals surface area contributed by atoms with E-state index in [1.165, 1.54) is 0 Å². The Morgan fingerprint density at radius 1 is 0.600 bits per heavy atom. The topological polar surface area (TPSA) is 0 Å². The number of allylic oxidation sites excluding steroid dienone is 2. The molecule has 0 heteroatoms. The summed E-state index contributed by atoms with van der Waals surface area (Å²) < 4.78 is 0. The van der Waals surface area contributed by atoms with Crippen molar-refractivity contribution in [1.82, 2.24) is 0 Å². The van der Waals surface area contributed by atoms with Crippen LogP contribution in [0.25, 0.3) is 0 Å². The Kier molecular flexibility index (Phi) is 4.82. The predicted octanol–water partition coefficient (Wildman–Crippen LogP) is 4.43. The lowest BCUT2D eigenvalue weighted by Crippen LogP contribution is -1.79. The second-order valence-electron chi connectivity index (χ2n) is 4.48. The average Bonchev–Trinajstić information content (AvgIpc) is 2.52. The second kappa shape index (κ2) is 7.03. The highest BCUT2D eigenvalue weighted by Crippen LogP contribution is 2.03. The van der Waals surface area contributed by atoms with Crippen LogP contribution in [0.2, 0.25) is 0 Å². The number of rotatable bonds is 0. The third kappa shape index (κ3) is 4.20. The van der Waals surface area contributed by atoms with Gasteiger partial charge in [0.2, 0.25) is 0 Å². The number of hydrogen-bond acceptors (Lipinski definition) is 0. The maximum absolute atomic E-state index is 3.16. The van der Waals surface area contributed by atoms with Crippen LogP contribution >= 0.6 is 0 Å². The standard InChI is InChI=1S/C20H16/c1-17(13-15-19-9-5-3-6-10-19)18(2)14-16-20-11-7-4-8-12-20/h3-12H,1-2H3. The van der Waals surface area contributed by atoms with E-state index >= 15 is 0 Å². The molecule has 0 heterocycles. The van der Waals surface area contributed by atoms with Crippen molar-refractivity contribution in [3.63, 3.8) is 0 Å². The molecule has 0 aliphatic heterocycles. The minimum atomic E-state index is 1.01. The van der Waals surface area contributed by atoms with Gasteiger partial charge >= 0.3 is 0 Å². The fourth-order valence-corrected chi connectivity index (χ4v) is 1.56. The van der Waals surface area contributed by atoms with Crippen LogP contribution in [-0.4, -0.2) is 0 Å². The zero-order chi connectivity index (χ0) is 14.2. The average molecular weight is 256 g/mol. The van der Waals surface area contributed by atoms with E-state index in [-0.39, 0.29) is 0 Å². The van der Waals surface area contributed by atoms with Crippen molar-refractivity contribution in [2.45, 2.75) is 13.8 Å². The number of benzene rings is 2. The molecule has 0 aliphatic carbocycles. The van der Waals surface area contributed by atoms with Gasteiger partial charge in [0.25, 0.3) is 0 Å². The van der Waals surface area contributed by atoms with E-state index in [0.29, 0.717) is 0 Å². The van der Waals surface area contributed by atoms with Crippen LogP contribution in [0.5, 0.6) is 0 Å². The van der Waals surface area contributed by atoms with Crippen LogP contribution in [0.4, 0.5) is 0 Å². The molecule has 0 aliphatic rings. The first-order valence-corrected chi connectivity index (χ1v) is 6.57. The summed E-state index contributed by atoms with van der Waals surface area (Å²) in [6.07, 6.45) is 0. The van der Waals surface area contributed by atoms with Crippen LogP contribution in [-0.2, 0) is 0 Å². The Bertz CT molecular complexity index is 646. The Morgan fingerprint density at radius 3 is 1.30 bits per heavy atom. The summed E-state index contributed by atoms with van der Waals surface area (Å²) in [5.74, 6) is 12.6. The van der Waals surface area contributed by atoms with Gasteiger partial charge in [-0.2, -0.15) is 0 Å². The molecule has 0 nitrogen and oxygen atoms in total. The molecule has 0 radical (unpaired) electrons. The minimum absolute atomic E-state index is 1.01. The summed E-state index contributed by atoms with van der Waals surface area (Å²) in [5, 5.41) is 0. The second-order valence-corrected chi connectivity index (χ2v) is 4.48. The lowest BCUT2D eigenvalue weighted by Gasteiger charge is -1.92. The molecule has 0 bridgehead atoms. The van der Waals surface area contributed by atoms with Crippen LogP contribution in [0.3, 0.4) is 0 Å². The van der Waals surface area contributed by atoms with Crippen molar-refractivity contribution in [3.8, 4) is 23.7 Å². The molecule has 0 saturated heterocycles. The molecule has 0 N–H and O–H groups in total. The minimum Gasteiger partial charge on any atom is -0.0655 e. The molecule has 96 valence electrons. The molecule has 20 heavy (non-hydrogen) atoms. The van der Waals surface area contributed by atoms with Crippen molar-refractivity contribution in [2.75, 3.05) is 0 Å². The van der Waals surface area contributed by atoms with Crippen molar-refractivity contribution in [2.24, 2.45) is 0 Å². The molecule has 0 atom stereocenters. The van der Waals surface area contributed by atoms with E-state index in [1.807, 2.05) is 74.5 Å². The highest BCUT2D eigenvalue weighted by molar-refractivity contribution is 5.47. The molecule has 0 fully saturated rings. The van der Waals surface area contributed by atoms with Crippen LogP contribution in [0, 0.1) is 23.7 Å². The van der Waals surface area contributed by atoms with Crippen molar-refractivity contribution < 1.29 is 0 Å². The monoisotopic (exact) mass is 256 g/mol. The molecule has 0 unspecified atom stereocenters. The molecule has 0 amide bonds. The molecular formula is C20H16. The zero-order valence-corrected chi connectivity index (χ0v) is 11.8. The van der Waals surface area contributed by atoms with Crippen molar-refractivity contribution in [3.05, 3.63) is 82.9 Å². The first kappa shape index (κ1) is 13.7. The zero-order valence-electron chi connectivity index (χ0n) is 11.8. The SMILES string of the molecule is CC(C#Cc1ccccc1)=C(C)C#Cc1ccccc1.